The SMILES string of the molecule is CC(C)(CO)NC(=O)Nc1sc2c(ccc(=O)n2-c2ccccc2Cl)c1C(=O)c1ccccc1. The van der Waals surface area contributed by atoms with Gasteiger partial charge in [-0.1, -0.05) is 65.4 Å². The van der Waals surface area contributed by atoms with Gasteiger partial charge in [0.05, 0.1) is 28.4 Å². The van der Waals surface area contributed by atoms with Gasteiger partial charge in [-0.15, -0.1) is 0 Å². The minimum Gasteiger partial charge on any atom is -0.394 e. The Hall–Kier alpha value is -3.46. The highest BCUT2D eigenvalue weighted by molar-refractivity contribution is 7.23. The molecule has 0 spiro atoms. The van der Waals surface area contributed by atoms with E-state index in [9.17, 15) is 19.5 Å². The van der Waals surface area contributed by atoms with Gasteiger partial charge in [-0.2, -0.15) is 0 Å². The fraction of sp³-hybridized carbons (Fsp3) is 0.160. The number of aliphatic hydroxyl groups excluding tert-OH is 1. The van der Waals surface area contributed by atoms with Crippen molar-refractivity contribution in [2.24, 2.45) is 0 Å². The molecule has 4 rings (SSSR count). The van der Waals surface area contributed by atoms with Crippen molar-refractivity contribution >= 4 is 50.0 Å². The Labute approximate surface area is 204 Å². The number of hydrogen-bond donors (Lipinski definition) is 3. The van der Waals surface area contributed by atoms with Crippen LogP contribution in [0, 0.1) is 0 Å². The minimum absolute atomic E-state index is 0.268. The molecule has 0 bridgehead atoms. The Balaban J connectivity index is 1.93. The molecule has 2 heterocycles. The molecular formula is C25H22ClN3O4S. The second-order valence-corrected chi connectivity index (χ2v) is 9.71. The number of amides is 2. The van der Waals surface area contributed by atoms with E-state index in [1.165, 1.54) is 10.6 Å². The van der Waals surface area contributed by atoms with Gasteiger partial charge in [-0.25, -0.2) is 4.79 Å². The molecule has 0 unspecified atom stereocenters. The molecule has 0 fully saturated rings. The summed E-state index contributed by atoms with van der Waals surface area (Å²) in [5.74, 6) is -0.298. The van der Waals surface area contributed by atoms with Gasteiger partial charge < -0.3 is 10.4 Å². The quantitative estimate of drug-likeness (QED) is 0.333. The van der Waals surface area contributed by atoms with Crippen molar-refractivity contribution in [1.29, 1.82) is 0 Å². The molecular weight excluding hydrogens is 474 g/mol. The van der Waals surface area contributed by atoms with Gasteiger partial charge in [0.25, 0.3) is 5.56 Å². The number of urea groups is 1. The first-order valence-electron chi connectivity index (χ1n) is 10.4. The van der Waals surface area contributed by atoms with Gasteiger partial charge in [0.15, 0.2) is 5.78 Å². The van der Waals surface area contributed by atoms with Crippen LogP contribution in [0.2, 0.25) is 5.02 Å². The Kier molecular flexibility index (Phi) is 6.56. The van der Waals surface area contributed by atoms with Crippen molar-refractivity contribution in [1.82, 2.24) is 9.88 Å². The van der Waals surface area contributed by atoms with Crippen LogP contribution in [0.15, 0.2) is 71.5 Å². The standard InChI is InChI=1S/C25H22ClN3O4S/c1-25(2,14-30)28-24(33)27-22-20(21(32)15-8-4-3-5-9-15)16-12-13-19(31)29(23(16)34-22)18-11-7-6-10-17(18)26/h3-13,30H,14H2,1-2H3,(H2,27,28,33). The number of rotatable bonds is 6. The van der Waals surface area contributed by atoms with Crippen molar-refractivity contribution < 1.29 is 14.7 Å². The molecule has 0 aliphatic carbocycles. The third kappa shape index (κ3) is 4.61. The predicted molar refractivity (Wildman–Crippen MR) is 136 cm³/mol. The zero-order valence-electron chi connectivity index (χ0n) is 18.5. The Morgan fingerprint density at radius 2 is 1.71 bits per heavy atom. The van der Waals surface area contributed by atoms with Crippen LogP contribution >= 0.6 is 22.9 Å². The Morgan fingerprint density at radius 1 is 1.03 bits per heavy atom. The Bertz CT molecular complexity index is 1440. The molecule has 9 heteroatoms. The van der Waals surface area contributed by atoms with Gasteiger partial charge in [0.2, 0.25) is 0 Å². The lowest BCUT2D eigenvalue weighted by molar-refractivity contribution is 0.104. The van der Waals surface area contributed by atoms with Gasteiger partial charge in [0, 0.05) is 17.0 Å². The smallest absolute Gasteiger partial charge is 0.320 e. The second-order valence-electron chi connectivity index (χ2n) is 8.30. The molecule has 2 amide bonds. The van der Waals surface area contributed by atoms with Crippen molar-refractivity contribution in [3.05, 3.63) is 93.2 Å². The normalized spacial score (nSPS) is 11.4. The maximum atomic E-state index is 13.5. The van der Waals surface area contributed by atoms with Crippen LogP contribution in [0.5, 0.6) is 0 Å². The fourth-order valence-electron chi connectivity index (χ4n) is 3.47. The zero-order valence-corrected chi connectivity index (χ0v) is 20.0. The third-order valence-corrected chi connectivity index (χ3v) is 6.60. The molecule has 0 atom stereocenters. The highest BCUT2D eigenvalue weighted by Gasteiger charge is 2.26. The summed E-state index contributed by atoms with van der Waals surface area (Å²) in [7, 11) is 0. The summed E-state index contributed by atoms with van der Waals surface area (Å²) < 4.78 is 1.44. The number of anilines is 1. The van der Waals surface area contributed by atoms with Crippen molar-refractivity contribution in [3.63, 3.8) is 0 Å². The second kappa shape index (κ2) is 9.42. The largest absolute Gasteiger partial charge is 0.394 e. The average molecular weight is 496 g/mol. The number of para-hydroxylation sites is 1. The molecule has 0 saturated heterocycles. The monoisotopic (exact) mass is 495 g/mol. The van der Waals surface area contributed by atoms with E-state index in [0.717, 1.165) is 11.3 Å². The number of thiophene rings is 1. The number of fused-ring (bicyclic) bond motifs is 1. The number of aromatic nitrogens is 1. The number of carbonyl (C=O) groups excluding carboxylic acids is 2. The maximum absolute atomic E-state index is 13.5. The first kappa shape index (κ1) is 23.7. The van der Waals surface area contributed by atoms with E-state index < -0.39 is 11.6 Å². The lowest BCUT2D eigenvalue weighted by Crippen LogP contribution is -2.48. The maximum Gasteiger partial charge on any atom is 0.320 e. The summed E-state index contributed by atoms with van der Waals surface area (Å²) in [5, 5.41) is 16.1. The van der Waals surface area contributed by atoms with E-state index in [0.29, 0.717) is 26.5 Å². The zero-order chi connectivity index (χ0) is 24.5. The summed E-state index contributed by atoms with van der Waals surface area (Å²) in [5.41, 5.74) is -0.0137. The number of nitrogens with zero attached hydrogens (tertiary/aromatic N) is 1. The number of hydrogen-bond acceptors (Lipinski definition) is 5. The topological polar surface area (TPSA) is 100 Å². The fourth-order valence-corrected chi connectivity index (χ4v) is 4.89. The van der Waals surface area contributed by atoms with E-state index in [1.54, 1.807) is 74.5 Å². The summed E-state index contributed by atoms with van der Waals surface area (Å²) >= 11 is 7.49. The lowest BCUT2D eigenvalue weighted by atomic mass is 10.0. The Morgan fingerprint density at radius 3 is 2.38 bits per heavy atom. The number of pyridine rings is 1. The first-order chi connectivity index (χ1) is 16.2. The lowest BCUT2D eigenvalue weighted by Gasteiger charge is -2.23. The molecule has 0 aliphatic rings. The highest BCUT2D eigenvalue weighted by Crippen LogP contribution is 2.38. The van der Waals surface area contributed by atoms with E-state index in [1.807, 2.05) is 0 Å². The van der Waals surface area contributed by atoms with Crippen LogP contribution in [0.3, 0.4) is 0 Å². The number of benzene rings is 2. The molecule has 34 heavy (non-hydrogen) atoms. The third-order valence-electron chi connectivity index (χ3n) is 5.17. The molecule has 0 aliphatic heterocycles. The molecule has 0 radical (unpaired) electrons. The van der Waals surface area contributed by atoms with E-state index in [-0.39, 0.29) is 28.5 Å². The van der Waals surface area contributed by atoms with Crippen LogP contribution in [0.25, 0.3) is 15.9 Å². The van der Waals surface area contributed by atoms with Crippen LogP contribution in [-0.2, 0) is 0 Å². The average Bonchev–Trinajstić information content (AvgIpc) is 3.17. The molecule has 4 aromatic rings. The first-order valence-corrected chi connectivity index (χ1v) is 11.6. The van der Waals surface area contributed by atoms with Crippen LogP contribution in [0.4, 0.5) is 9.80 Å². The molecule has 0 saturated carbocycles. The molecule has 2 aromatic heterocycles. The number of carbonyl (C=O) groups is 2. The van der Waals surface area contributed by atoms with Crippen molar-refractivity contribution in [2.45, 2.75) is 19.4 Å². The van der Waals surface area contributed by atoms with Crippen LogP contribution < -0.4 is 16.2 Å². The van der Waals surface area contributed by atoms with Gasteiger partial charge in [-0.05, 0) is 32.0 Å². The summed E-state index contributed by atoms with van der Waals surface area (Å²) in [4.78, 5) is 39.6. The van der Waals surface area contributed by atoms with Gasteiger partial charge >= 0.3 is 6.03 Å². The molecule has 7 nitrogen and oxygen atoms in total. The number of aliphatic hydroxyl groups is 1. The van der Waals surface area contributed by atoms with Gasteiger partial charge in [-0.3, -0.25) is 19.5 Å². The summed E-state index contributed by atoms with van der Waals surface area (Å²) in [6.45, 7) is 3.07. The molecule has 3 N–H and O–H groups in total. The molecule has 174 valence electrons. The van der Waals surface area contributed by atoms with E-state index in [4.69, 9.17) is 11.6 Å². The van der Waals surface area contributed by atoms with Crippen molar-refractivity contribution in [3.8, 4) is 5.69 Å². The number of nitrogens with one attached hydrogen (secondary N) is 2. The summed E-state index contributed by atoms with van der Waals surface area (Å²) in [6, 6.07) is 18.0. The minimum atomic E-state index is -0.871. The van der Waals surface area contributed by atoms with E-state index in [2.05, 4.69) is 10.6 Å². The number of ketones is 1. The van der Waals surface area contributed by atoms with Crippen LogP contribution in [-0.4, -0.2) is 33.6 Å². The molecule has 2 aromatic carbocycles. The van der Waals surface area contributed by atoms with Crippen molar-refractivity contribution in [2.75, 3.05) is 11.9 Å². The summed E-state index contributed by atoms with van der Waals surface area (Å²) in [6.07, 6.45) is 0. The van der Waals surface area contributed by atoms with E-state index >= 15 is 0 Å². The highest BCUT2D eigenvalue weighted by atomic mass is 35.5. The predicted octanol–water partition coefficient (Wildman–Crippen LogP) is 4.83. The van der Waals surface area contributed by atoms with Crippen LogP contribution in [0.1, 0.15) is 29.8 Å². The number of halogens is 1. The van der Waals surface area contributed by atoms with Gasteiger partial charge in [0.1, 0.15) is 9.83 Å².